The maximum Gasteiger partial charge on any atom is 0.156 e. The van der Waals surface area contributed by atoms with Crippen LogP contribution in [0.25, 0.3) is 0 Å². The fourth-order valence-electron chi connectivity index (χ4n) is 3.21. The van der Waals surface area contributed by atoms with Crippen LogP contribution in [0, 0.1) is 0 Å². The Balaban J connectivity index is 1.65. The Hall–Kier alpha value is -1.21. The monoisotopic (exact) mass is 337 g/mol. The molecule has 0 amide bonds. The average molecular weight is 337 g/mol. The van der Waals surface area contributed by atoms with Crippen molar-refractivity contribution in [3.63, 3.8) is 0 Å². The lowest BCUT2D eigenvalue weighted by Crippen LogP contribution is -2.20. The van der Waals surface area contributed by atoms with Crippen LogP contribution in [0.4, 0.5) is 0 Å². The highest BCUT2D eigenvalue weighted by molar-refractivity contribution is 7.91. The summed E-state index contributed by atoms with van der Waals surface area (Å²) in [4.78, 5) is 6.01. The topological polar surface area (TPSA) is 64.8 Å². The fourth-order valence-corrected chi connectivity index (χ4v) is 5.60. The molecule has 0 N–H and O–H groups in total. The first-order valence-electron chi connectivity index (χ1n) is 7.79. The summed E-state index contributed by atoms with van der Waals surface area (Å²) in [5, 5.41) is 6.74. The van der Waals surface area contributed by atoms with Gasteiger partial charge in [-0.1, -0.05) is 12.5 Å². The Morgan fingerprint density at radius 2 is 2.18 bits per heavy atom. The van der Waals surface area contributed by atoms with Crippen molar-refractivity contribution in [3.05, 3.63) is 34.0 Å². The minimum absolute atomic E-state index is 0.0230. The van der Waals surface area contributed by atoms with Gasteiger partial charge in [-0.15, -0.1) is 11.3 Å². The number of thiophene rings is 1. The highest BCUT2D eigenvalue weighted by Gasteiger charge is 2.34. The van der Waals surface area contributed by atoms with E-state index < -0.39 is 9.84 Å². The van der Waals surface area contributed by atoms with E-state index in [0.29, 0.717) is 12.3 Å². The summed E-state index contributed by atoms with van der Waals surface area (Å²) >= 11 is 1.71. The van der Waals surface area contributed by atoms with Crippen LogP contribution in [-0.4, -0.2) is 34.7 Å². The van der Waals surface area contributed by atoms with Gasteiger partial charge in [0.25, 0.3) is 0 Å². The molecule has 2 aliphatic rings. The Labute approximate surface area is 134 Å². The summed E-state index contributed by atoms with van der Waals surface area (Å²) in [5.41, 5.74) is 0. The Morgan fingerprint density at radius 3 is 2.77 bits per heavy atom. The van der Waals surface area contributed by atoms with E-state index in [1.165, 1.54) is 11.3 Å². The van der Waals surface area contributed by atoms with E-state index in [1.807, 2.05) is 10.7 Å². The number of sulfone groups is 1. The molecule has 1 aliphatic carbocycles. The van der Waals surface area contributed by atoms with E-state index in [1.54, 1.807) is 11.3 Å². The van der Waals surface area contributed by atoms with Gasteiger partial charge < -0.3 is 0 Å². The third-order valence-corrected chi connectivity index (χ3v) is 7.27. The highest BCUT2D eigenvalue weighted by Crippen LogP contribution is 2.37. The summed E-state index contributed by atoms with van der Waals surface area (Å²) < 4.78 is 25.5. The Bertz CT molecular complexity index is 761. The third kappa shape index (κ3) is 2.72. The van der Waals surface area contributed by atoms with Crippen LogP contribution in [0.15, 0.2) is 17.5 Å². The zero-order valence-corrected chi connectivity index (χ0v) is 13.9. The second-order valence-corrected chi connectivity index (χ2v) is 9.53. The van der Waals surface area contributed by atoms with Crippen LogP contribution < -0.4 is 0 Å². The molecule has 1 atom stereocenters. The molecule has 3 heterocycles. The van der Waals surface area contributed by atoms with Gasteiger partial charge in [-0.2, -0.15) is 5.10 Å². The van der Waals surface area contributed by atoms with Crippen LogP contribution in [0.2, 0.25) is 0 Å². The summed E-state index contributed by atoms with van der Waals surface area (Å²) in [5.74, 6) is 2.80. The predicted molar refractivity (Wildman–Crippen MR) is 86.0 cm³/mol. The van der Waals surface area contributed by atoms with Crippen molar-refractivity contribution >= 4 is 21.2 Å². The Kier molecular flexibility index (Phi) is 3.57. The van der Waals surface area contributed by atoms with Crippen molar-refractivity contribution in [1.29, 1.82) is 0 Å². The van der Waals surface area contributed by atoms with Gasteiger partial charge in [-0.25, -0.2) is 18.1 Å². The van der Waals surface area contributed by atoms with Gasteiger partial charge in [0, 0.05) is 17.2 Å². The van der Waals surface area contributed by atoms with Crippen molar-refractivity contribution in [2.24, 2.45) is 0 Å². The third-order valence-electron chi connectivity index (χ3n) is 4.64. The van der Waals surface area contributed by atoms with Crippen LogP contribution in [0.1, 0.15) is 54.2 Å². The first-order chi connectivity index (χ1) is 10.6. The van der Waals surface area contributed by atoms with E-state index in [9.17, 15) is 8.42 Å². The Morgan fingerprint density at radius 1 is 1.32 bits per heavy atom. The highest BCUT2D eigenvalue weighted by atomic mass is 32.2. The molecular weight excluding hydrogens is 318 g/mol. The average Bonchev–Trinajstić information content (AvgIpc) is 3.09. The number of nitrogens with zero attached hydrogens (tertiary/aromatic N) is 3. The van der Waals surface area contributed by atoms with Gasteiger partial charge in [-0.3, -0.25) is 0 Å². The van der Waals surface area contributed by atoms with Crippen molar-refractivity contribution in [1.82, 2.24) is 14.8 Å². The molecule has 5 nitrogen and oxygen atoms in total. The van der Waals surface area contributed by atoms with Crippen molar-refractivity contribution in [2.75, 3.05) is 11.5 Å². The van der Waals surface area contributed by atoms with Crippen molar-refractivity contribution in [2.45, 2.75) is 44.1 Å². The number of hydrogen-bond acceptors (Lipinski definition) is 5. The molecule has 2 aromatic heterocycles. The van der Waals surface area contributed by atoms with Crippen molar-refractivity contribution in [3.8, 4) is 0 Å². The van der Waals surface area contributed by atoms with Gasteiger partial charge in [0.1, 0.15) is 5.82 Å². The minimum atomic E-state index is -2.90. The molecule has 22 heavy (non-hydrogen) atoms. The SMILES string of the molecule is O=S1(=O)CC[C@@H](n2nc(Cc3cccs3)nc2C2CCC2)C1. The number of hydrogen-bond donors (Lipinski definition) is 0. The molecule has 118 valence electrons. The lowest BCUT2D eigenvalue weighted by atomic mass is 9.84. The molecule has 1 saturated heterocycles. The molecule has 2 fully saturated rings. The second kappa shape index (κ2) is 5.45. The molecule has 4 rings (SSSR count). The molecule has 1 aliphatic heterocycles. The molecule has 0 unspecified atom stereocenters. The van der Waals surface area contributed by atoms with Crippen LogP contribution in [0.3, 0.4) is 0 Å². The molecule has 2 aromatic rings. The molecule has 7 heteroatoms. The van der Waals surface area contributed by atoms with Crippen molar-refractivity contribution < 1.29 is 8.42 Å². The molecule has 0 bridgehead atoms. The molecular formula is C15H19N3O2S2. The largest absolute Gasteiger partial charge is 0.245 e. The molecule has 0 aromatic carbocycles. The van der Waals surface area contributed by atoms with Crippen LogP contribution in [-0.2, 0) is 16.3 Å². The van der Waals surface area contributed by atoms with Gasteiger partial charge in [0.15, 0.2) is 15.7 Å². The van der Waals surface area contributed by atoms with Crippen LogP contribution >= 0.6 is 11.3 Å². The first kappa shape index (κ1) is 14.4. The summed E-state index contributed by atoms with van der Waals surface area (Å²) in [6, 6.07) is 4.10. The van der Waals surface area contributed by atoms with Gasteiger partial charge in [0.05, 0.1) is 17.5 Å². The standard InChI is InChI=1S/C15H19N3O2S2/c19-22(20)8-6-12(10-22)18-15(11-3-1-4-11)16-14(17-18)9-13-5-2-7-21-13/h2,5,7,11-12H,1,3-4,6,8-10H2/t12-/m1/s1. The quantitative estimate of drug-likeness (QED) is 0.860. The van der Waals surface area contributed by atoms with E-state index in [4.69, 9.17) is 4.98 Å². The smallest absolute Gasteiger partial charge is 0.156 e. The minimum Gasteiger partial charge on any atom is -0.245 e. The summed E-state index contributed by atoms with van der Waals surface area (Å²) in [7, 11) is -2.90. The first-order valence-corrected chi connectivity index (χ1v) is 10.5. The van der Waals surface area contributed by atoms with Gasteiger partial charge >= 0.3 is 0 Å². The zero-order valence-electron chi connectivity index (χ0n) is 12.3. The molecule has 0 spiro atoms. The van der Waals surface area contributed by atoms with E-state index >= 15 is 0 Å². The molecule has 1 saturated carbocycles. The lowest BCUT2D eigenvalue weighted by Gasteiger charge is -2.26. The summed E-state index contributed by atoms with van der Waals surface area (Å²) in [6.45, 7) is 0. The van der Waals surface area contributed by atoms with Gasteiger partial charge in [-0.05, 0) is 30.7 Å². The number of rotatable bonds is 4. The fraction of sp³-hybridized carbons (Fsp3) is 0.600. The van der Waals surface area contributed by atoms with E-state index in [0.717, 1.165) is 30.9 Å². The van der Waals surface area contributed by atoms with Crippen LogP contribution in [0.5, 0.6) is 0 Å². The maximum atomic E-state index is 11.8. The second-order valence-electron chi connectivity index (χ2n) is 6.27. The van der Waals surface area contributed by atoms with Gasteiger partial charge in [0.2, 0.25) is 0 Å². The maximum absolute atomic E-state index is 11.8. The zero-order chi connectivity index (χ0) is 15.2. The normalized spacial score (nSPS) is 24.5. The number of aromatic nitrogens is 3. The predicted octanol–water partition coefficient (Wildman–Crippen LogP) is 2.56. The lowest BCUT2D eigenvalue weighted by molar-refractivity contribution is 0.362. The van der Waals surface area contributed by atoms with E-state index in [-0.39, 0.29) is 17.5 Å². The van der Waals surface area contributed by atoms with E-state index in [2.05, 4.69) is 16.5 Å². The summed E-state index contributed by atoms with van der Waals surface area (Å²) in [6.07, 6.45) is 4.95. The molecule has 0 radical (unpaired) electrons.